The van der Waals surface area contributed by atoms with Crippen LogP contribution in [0.3, 0.4) is 0 Å². The molecule has 5 atom stereocenters. The van der Waals surface area contributed by atoms with E-state index in [0.29, 0.717) is 6.42 Å². The Morgan fingerprint density at radius 3 is 2.29 bits per heavy atom. The summed E-state index contributed by atoms with van der Waals surface area (Å²) in [7, 11) is 1.46. The molecule has 1 heterocycles. The molecule has 0 amide bonds. The van der Waals surface area contributed by atoms with Crippen LogP contribution in [0.1, 0.15) is 77.7 Å². The summed E-state index contributed by atoms with van der Waals surface area (Å²) in [6.45, 7) is 6.83. The molecule has 0 spiro atoms. The minimum Gasteiger partial charge on any atom is -0.549 e. The molecule has 0 aromatic heterocycles. The lowest BCUT2D eigenvalue weighted by atomic mass is 9.46. The van der Waals surface area contributed by atoms with Crippen LogP contribution >= 0.6 is 0 Å². The summed E-state index contributed by atoms with van der Waals surface area (Å²) in [4.78, 5) is 26.1. The Labute approximate surface area is 205 Å². The number of ether oxygens (including phenoxy) is 1. The monoisotopic (exact) mass is 491 g/mol. The van der Waals surface area contributed by atoms with Crippen LogP contribution in [-0.2, 0) is 14.3 Å². The van der Waals surface area contributed by atoms with E-state index in [1.807, 2.05) is 6.92 Å². The average Bonchev–Trinajstić information content (AvgIpc) is 2.81. The Kier molecular flexibility index (Phi) is 7.94. The van der Waals surface area contributed by atoms with E-state index in [1.165, 1.54) is 20.1 Å². The van der Waals surface area contributed by atoms with E-state index in [4.69, 9.17) is 4.74 Å². The van der Waals surface area contributed by atoms with Gasteiger partial charge in [-0.3, -0.25) is 0 Å². The van der Waals surface area contributed by atoms with Crippen molar-refractivity contribution in [1.29, 1.82) is 0 Å². The van der Waals surface area contributed by atoms with Crippen molar-refractivity contribution >= 4 is 11.9 Å². The van der Waals surface area contributed by atoms with Crippen LogP contribution in [0.5, 0.6) is 0 Å². The first-order valence-electron chi connectivity index (χ1n) is 12.4. The maximum Gasteiger partial charge on any atom is 0.159 e. The third-order valence-corrected chi connectivity index (χ3v) is 8.70. The molecule has 5 unspecified atom stereocenters. The minimum absolute atomic E-state index is 0.0222. The molecular formula is C27H35F2NO5-2. The van der Waals surface area contributed by atoms with Gasteiger partial charge < -0.3 is 29.9 Å². The van der Waals surface area contributed by atoms with Gasteiger partial charge in [0.25, 0.3) is 0 Å². The number of hydrogen-bond donors (Lipinski definition) is 1. The standard InChI is InChI=1S/C27H37F2NO5/c1-6-19(17-10-8-7-9-11-17)27(25(33)34)23(18-12-13-20(28)21(29)14-18)22(24(31)32)15(2)30-26(27,4)16(3)35-5/h12-14,16-17,19,23,30H,6-11H2,1-5H3,(H,31,32)(H,33,34)/p-2. The van der Waals surface area contributed by atoms with Gasteiger partial charge in [0.05, 0.1) is 23.6 Å². The van der Waals surface area contributed by atoms with Crippen LogP contribution in [0.2, 0.25) is 0 Å². The van der Waals surface area contributed by atoms with Gasteiger partial charge in [0.2, 0.25) is 0 Å². The fourth-order valence-electron chi connectivity index (χ4n) is 7.01. The summed E-state index contributed by atoms with van der Waals surface area (Å²) in [5.74, 6) is -7.23. The number of benzene rings is 1. The highest BCUT2D eigenvalue weighted by Crippen LogP contribution is 2.61. The van der Waals surface area contributed by atoms with Gasteiger partial charge >= 0.3 is 0 Å². The molecule has 1 saturated carbocycles. The van der Waals surface area contributed by atoms with Crippen LogP contribution in [0.25, 0.3) is 0 Å². The molecule has 1 aliphatic heterocycles. The summed E-state index contributed by atoms with van der Waals surface area (Å²) in [5, 5.41) is 29.3. The van der Waals surface area contributed by atoms with Crippen molar-refractivity contribution in [2.75, 3.05) is 7.11 Å². The lowest BCUT2D eigenvalue weighted by Gasteiger charge is -2.64. The quantitative estimate of drug-likeness (QED) is 0.600. The van der Waals surface area contributed by atoms with Crippen molar-refractivity contribution in [3.8, 4) is 0 Å². The van der Waals surface area contributed by atoms with Gasteiger partial charge in [-0.05, 0) is 50.3 Å². The van der Waals surface area contributed by atoms with Crippen LogP contribution in [0.15, 0.2) is 29.5 Å². The molecule has 1 aromatic rings. The smallest absolute Gasteiger partial charge is 0.159 e. The maximum absolute atomic E-state index is 14.5. The first kappa shape index (κ1) is 27.1. The predicted octanol–water partition coefficient (Wildman–Crippen LogP) is 2.81. The van der Waals surface area contributed by atoms with Crippen molar-refractivity contribution in [3.05, 3.63) is 46.7 Å². The number of methoxy groups -OCH3 is 1. The molecule has 1 N–H and O–H groups in total. The number of carbonyl (C=O) groups is 2. The molecule has 35 heavy (non-hydrogen) atoms. The minimum atomic E-state index is -1.88. The highest BCUT2D eigenvalue weighted by atomic mass is 19.2. The number of carbonyl (C=O) groups excluding carboxylic acids is 2. The van der Waals surface area contributed by atoms with E-state index in [2.05, 4.69) is 5.32 Å². The number of aliphatic carboxylic acids is 2. The second kappa shape index (κ2) is 10.2. The third kappa shape index (κ3) is 4.24. The van der Waals surface area contributed by atoms with Gasteiger partial charge in [0, 0.05) is 29.7 Å². The number of allylic oxidation sites excluding steroid dienone is 1. The molecule has 1 aromatic carbocycles. The van der Waals surface area contributed by atoms with E-state index in [-0.39, 0.29) is 22.8 Å². The summed E-state index contributed by atoms with van der Waals surface area (Å²) in [6, 6.07) is 3.05. The van der Waals surface area contributed by atoms with Gasteiger partial charge in [0.1, 0.15) is 0 Å². The number of hydrogen-bond acceptors (Lipinski definition) is 6. The number of carboxylic acid groups (broad SMARTS) is 2. The Bertz CT molecular complexity index is 1010. The normalized spacial score (nSPS) is 29.4. The highest BCUT2D eigenvalue weighted by molar-refractivity contribution is 5.92. The summed E-state index contributed by atoms with van der Waals surface area (Å²) in [6.07, 6.45) is 4.22. The molecule has 6 nitrogen and oxygen atoms in total. The molecule has 0 bridgehead atoms. The average molecular weight is 492 g/mol. The van der Waals surface area contributed by atoms with E-state index >= 15 is 0 Å². The van der Waals surface area contributed by atoms with Crippen molar-refractivity contribution in [2.45, 2.75) is 83.8 Å². The van der Waals surface area contributed by atoms with Gasteiger partial charge in [-0.2, -0.15) is 0 Å². The molecule has 194 valence electrons. The van der Waals surface area contributed by atoms with Gasteiger partial charge in [-0.1, -0.05) is 51.5 Å². The second-order valence-electron chi connectivity index (χ2n) is 10.2. The molecule has 1 fully saturated rings. The summed E-state index contributed by atoms with van der Waals surface area (Å²) in [5.41, 5.74) is -3.27. The Morgan fingerprint density at radius 2 is 1.80 bits per heavy atom. The number of rotatable bonds is 8. The van der Waals surface area contributed by atoms with E-state index in [1.54, 1.807) is 13.8 Å². The number of nitrogens with one attached hydrogen (secondary N) is 1. The van der Waals surface area contributed by atoms with Crippen molar-refractivity contribution < 1.29 is 33.3 Å². The maximum atomic E-state index is 14.5. The summed E-state index contributed by atoms with van der Waals surface area (Å²) >= 11 is 0. The van der Waals surface area contributed by atoms with Crippen LogP contribution in [-0.4, -0.2) is 30.7 Å². The lowest BCUT2D eigenvalue weighted by Crippen LogP contribution is -2.75. The largest absolute Gasteiger partial charge is 0.549 e. The third-order valence-electron chi connectivity index (χ3n) is 8.70. The van der Waals surface area contributed by atoms with Crippen LogP contribution in [0.4, 0.5) is 8.78 Å². The summed E-state index contributed by atoms with van der Waals surface area (Å²) < 4.78 is 34.1. The first-order chi connectivity index (χ1) is 16.5. The van der Waals surface area contributed by atoms with E-state index in [9.17, 15) is 28.6 Å². The van der Waals surface area contributed by atoms with Gasteiger partial charge in [-0.25, -0.2) is 8.78 Å². The molecular weight excluding hydrogens is 456 g/mol. The predicted molar refractivity (Wildman–Crippen MR) is 123 cm³/mol. The fraction of sp³-hybridized carbons (Fsp3) is 0.630. The Balaban J connectivity index is 2.48. The first-order valence-corrected chi connectivity index (χ1v) is 12.4. The van der Waals surface area contributed by atoms with Gasteiger partial charge in [0.15, 0.2) is 11.6 Å². The van der Waals surface area contributed by atoms with Crippen LogP contribution in [0, 0.1) is 28.9 Å². The van der Waals surface area contributed by atoms with Crippen molar-refractivity contribution in [2.24, 2.45) is 17.3 Å². The zero-order valence-electron chi connectivity index (χ0n) is 21.1. The van der Waals surface area contributed by atoms with Crippen molar-refractivity contribution in [1.82, 2.24) is 5.32 Å². The second-order valence-corrected chi connectivity index (χ2v) is 10.2. The molecule has 0 radical (unpaired) electrons. The Hall–Kier alpha value is -2.48. The van der Waals surface area contributed by atoms with Crippen molar-refractivity contribution in [3.63, 3.8) is 0 Å². The number of halogens is 2. The molecule has 3 rings (SSSR count). The lowest BCUT2D eigenvalue weighted by molar-refractivity contribution is -0.333. The molecule has 8 heteroatoms. The van der Waals surface area contributed by atoms with E-state index < -0.39 is 52.5 Å². The van der Waals surface area contributed by atoms with Gasteiger partial charge in [-0.15, -0.1) is 0 Å². The molecule has 2 aliphatic rings. The fourth-order valence-corrected chi connectivity index (χ4v) is 7.01. The molecule has 0 saturated heterocycles. The zero-order valence-corrected chi connectivity index (χ0v) is 21.1. The van der Waals surface area contributed by atoms with Crippen LogP contribution < -0.4 is 15.5 Å². The van der Waals surface area contributed by atoms with E-state index in [0.717, 1.165) is 44.2 Å². The number of carboxylic acids is 2. The molecule has 1 aliphatic carbocycles. The topological polar surface area (TPSA) is 102 Å². The zero-order chi connectivity index (χ0) is 26.1. The highest BCUT2D eigenvalue weighted by Gasteiger charge is 2.65. The SMILES string of the molecule is CCC(C1CCCCC1)C1(C(=O)[O-])C(c2ccc(F)c(F)c2)C(C(=O)[O-])=C(C)NC1(C)C(C)OC. The Morgan fingerprint density at radius 1 is 1.17 bits per heavy atom.